The van der Waals surface area contributed by atoms with Crippen molar-refractivity contribution in [3.05, 3.63) is 23.8 Å². The molecule has 3 nitrogen and oxygen atoms in total. The van der Waals surface area contributed by atoms with Gasteiger partial charge >= 0.3 is 0 Å². The van der Waals surface area contributed by atoms with Crippen LogP contribution in [0, 0.1) is 0 Å². The van der Waals surface area contributed by atoms with Crippen LogP contribution in [-0.4, -0.2) is 25.4 Å². The Balaban J connectivity index is 2.79. The molecular weight excluding hydrogens is 192 g/mol. The molecule has 0 bridgehead atoms. The van der Waals surface area contributed by atoms with Crippen LogP contribution < -0.4 is 9.47 Å². The fourth-order valence-electron chi connectivity index (χ4n) is 1.43. The summed E-state index contributed by atoms with van der Waals surface area (Å²) in [6.07, 6.45) is 1.64. The summed E-state index contributed by atoms with van der Waals surface area (Å²) in [5.74, 6) is 1.53. The van der Waals surface area contributed by atoms with E-state index in [0.29, 0.717) is 6.61 Å². The molecule has 3 heteroatoms. The van der Waals surface area contributed by atoms with Crippen LogP contribution in [0.3, 0.4) is 0 Å². The summed E-state index contributed by atoms with van der Waals surface area (Å²) in [6, 6.07) is 5.87. The Hall–Kier alpha value is -1.22. The van der Waals surface area contributed by atoms with Gasteiger partial charge in [-0.05, 0) is 37.5 Å². The Morgan fingerprint density at radius 3 is 2.67 bits per heavy atom. The van der Waals surface area contributed by atoms with Gasteiger partial charge in [0.25, 0.3) is 0 Å². The molecule has 0 spiro atoms. The van der Waals surface area contributed by atoms with Gasteiger partial charge in [-0.25, -0.2) is 0 Å². The van der Waals surface area contributed by atoms with E-state index in [0.717, 1.165) is 29.9 Å². The molecule has 0 aliphatic heterocycles. The van der Waals surface area contributed by atoms with Crippen molar-refractivity contribution >= 4 is 0 Å². The van der Waals surface area contributed by atoms with Crippen LogP contribution in [0.5, 0.6) is 11.5 Å². The smallest absolute Gasteiger partial charge is 0.161 e. The van der Waals surface area contributed by atoms with E-state index in [2.05, 4.69) is 0 Å². The second-order valence-corrected chi connectivity index (χ2v) is 3.25. The molecule has 1 N–H and O–H groups in total. The van der Waals surface area contributed by atoms with Crippen LogP contribution in [0.4, 0.5) is 0 Å². The molecule has 0 unspecified atom stereocenters. The summed E-state index contributed by atoms with van der Waals surface area (Å²) in [7, 11) is 1.63. The van der Waals surface area contributed by atoms with E-state index in [9.17, 15) is 0 Å². The maximum atomic E-state index is 8.75. The average Bonchev–Trinajstić information content (AvgIpc) is 2.27. The number of benzene rings is 1. The number of methoxy groups -OCH3 is 1. The van der Waals surface area contributed by atoms with E-state index in [4.69, 9.17) is 14.6 Å². The predicted molar refractivity (Wildman–Crippen MR) is 59.6 cm³/mol. The first-order valence-electron chi connectivity index (χ1n) is 5.22. The van der Waals surface area contributed by atoms with Gasteiger partial charge in [0.05, 0.1) is 13.7 Å². The van der Waals surface area contributed by atoms with E-state index in [1.165, 1.54) is 0 Å². The monoisotopic (exact) mass is 210 g/mol. The molecule has 0 fully saturated rings. The van der Waals surface area contributed by atoms with E-state index in [-0.39, 0.29) is 6.61 Å². The number of hydrogen-bond acceptors (Lipinski definition) is 3. The Morgan fingerprint density at radius 2 is 2.07 bits per heavy atom. The van der Waals surface area contributed by atoms with Crippen molar-refractivity contribution < 1.29 is 14.6 Å². The first-order chi connectivity index (χ1) is 7.31. The maximum Gasteiger partial charge on any atom is 0.161 e. The molecule has 1 rings (SSSR count). The highest BCUT2D eigenvalue weighted by molar-refractivity contribution is 5.42. The maximum absolute atomic E-state index is 8.75. The van der Waals surface area contributed by atoms with Gasteiger partial charge in [-0.2, -0.15) is 0 Å². The number of rotatable bonds is 6. The summed E-state index contributed by atoms with van der Waals surface area (Å²) in [4.78, 5) is 0. The summed E-state index contributed by atoms with van der Waals surface area (Å²) in [6.45, 7) is 2.79. The molecule has 15 heavy (non-hydrogen) atoms. The zero-order valence-electron chi connectivity index (χ0n) is 9.32. The van der Waals surface area contributed by atoms with Gasteiger partial charge in [0, 0.05) is 6.61 Å². The third kappa shape index (κ3) is 3.44. The SMILES string of the molecule is CCOc1cc(CCCO)ccc1OC. The van der Waals surface area contributed by atoms with Crippen LogP contribution in [0.2, 0.25) is 0 Å². The van der Waals surface area contributed by atoms with Crippen molar-refractivity contribution in [2.24, 2.45) is 0 Å². The lowest BCUT2D eigenvalue weighted by atomic mass is 10.1. The molecule has 1 aromatic rings. The van der Waals surface area contributed by atoms with Gasteiger partial charge in [0.2, 0.25) is 0 Å². The van der Waals surface area contributed by atoms with Gasteiger partial charge < -0.3 is 14.6 Å². The molecule has 0 radical (unpaired) electrons. The fraction of sp³-hybridized carbons (Fsp3) is 0.500. The Morgan fingerprint density at radius 1 is 1.27 bits per heavy atom. The molecular formula is C12H18O3. The number of aliphatic hydroxyl groups is 1. The fourth-order valence-corrected chi connectivity index (χ4v) is 1.43. The predicted octanol–water partition coefficient (Wildman–Crippen LogP) is 2.02. The van der Waals surface area contributed by atoms with Crippen molar-refractivity contribution in [2.75, 3.05) is 20.3 Å². The second-order valence-electron chi connectivity index (χ2n) is 3.25. The summed E-state index contributed by atoms with van der Waals surface area (Å²) >= 11 is 0. The quantitative estimate of drug-likeness (QED) is 0.780. The molecule has 0 saturated carbocycles. The van der Waals surface area contributed by atoms with Crippen LogP contribution in [0.15, 0.2) is 18.2 Å². The average molecular weight is 210 g/mol. The van der Waals surface area contributed by atoms with Gasteiger partial charge in [0.15, 0.2) is 11.5 Å². The molecule has 1 aromatic carbocycles. The number of ether oxygens (including phenoxy) is 2. The van der Waals surface area contributed by atoms with E-state index in [1.807, 2.05) is 25.1 Å². The summed E-state index contributed by atoms with van der Waals surface area (Å²) in [5.41, 5.74) is 1.16. The lowest BCUT2D eigenvalue weighted by Crippen LogP contribution is -1.97. The largest absolute Gasteiger partial charge is 0.493 e. The minimum Gasteiger partial charge on any atom is -0.493 e. The van der Waals surface area contributed by atoms with Gasteiger partial charge in [-0.3, -0.25) is 0 Å². The van der Waals surface area contributed by atoms with Crippen molar-refractivity contribution in [1.29, 1.82) is 0 Å². The zero-order valence-corrected chi connectivity index (χ0v) is 9.32. The molecule has 0 saturated heterocycles. The first kappa shape index (κ1) is 11.9. The number of hydrogen-bond donors (Lipinski definition) is 1. The molecule has 0 aliphatic carbocycles. The first-order valence-corrected chi connectivity index (χ1v) is 5.22. The Labute approximate surface area is 90.6 Å². The normalized spacial score (nSPS) is 10.1. The molecule has 0 heterocycles. The second kappa shape index (κ2) is 6.30. The van der Waals surface area contributed by atoms with E-state index in [1.54, 1.807) is 7.11 Å². The topological polar surface area (TPSA) is 38.7 Å². The van der Waals surface area contributed by atoms with Gasteiger partial charge in [-0.15, -0.1) is 0 Å². The summed E-state index contributed by atoms with van der Waals surface area (Å²) in [5, 5.41) is 8.75. The highest BCUT2D eigenvalue weighted by atomic mass is 16.5. The molecule has 0 aliphatic rings. The van der Waals surface area contributed by atoms with Crippen molar-refractivity contribution in [3.8, 4) is 11.5 Å². The summed E-state index contributed by atoms with van der Waals surface area (Å²) < 4.78 is 10.6. The van der Waals surface area contributed by atoms with E-state index >= 15 is 0 Å². The third-order valence-corrected chi connectivity index (χ3v) is 2.15. The highest BCUT2D eigenvalue weighted by Crippen LogP contribution is 2.28. The molecule has 0 amide bonds. The van der Waals surface area contributed by atoms with Gasteiger partial charge in [0.1, 0.15) is 0 Å². The molecule has 0 aromatic heterocycles. The standard InChI is InChI=1S/C12H18O3/c1-3-15-12-9-10(5-4-8-13)6-7-11(12)14-2/h6-7,9,13H,3-5,8H2,1-2H3. The van der Waals surface area contributed by atoms with Gasteiger partial charge in [-0.1, -0.05) is 6.07 Å². The van der Waals surface area contributed by atoms with Crippen LogP contribution >= 0.6 is 0 Å². The molecule has 0 atom stereocenters. The van der Waals surface area contributed by atoms with Crippen LogP contribution in [0.1, 0.15) is 18.9 Å². The third-order valence-electron chi connectivity index (χ3n) is 2.15. The Kier molecular flexibility index (Phi) is 4.98. The van der Waals surface area contributed by atoms with Crippen LogP contribution in [-0.2, 0) is 6.42 Å². The number of aliphatic hydroxyl groups excluding tert-OH is 1. The van der Waals surface area contributed by atoms with Crippen molar-refractivity contribution in [3.63, 3.8) is 0 Å². The minimum absolute atomic E-state index is 0.218. The Bertz CT molecular complexity index is 297. The lowest BCUT2D eigenvalue weighted by Gasteiger charge is -2.10. The van der Waals surface area contributed by atoms with E-state index < -0.39 is 0 Å². The molecule has 84 valence electrons. The van der Waals surface area contributed by atoms with Crippen LogP contribution in [0.25, 0.3) is 0 Å². The number of aryl methyl sites for hydroxylation is 1. The minimum atomic E-state index is 0.218. The highest BCUT2D eigenvalue weighted by Gasteiger charge is 2.04. The van der Waals surface area contributed by atoms with Crippen molar-refractivity contribution in [2.45, 2.75) is 19.8 Å². The van der Waals surface area contributed by atoms with Crippen molar-refractivity contribution in [1.82, 2.24) is 0 Å². The lowest BCUT2D eigenvalue weighted by molar-refractivity contribution is 0.288. The zero-order chi connectivity index (χ0) is 11.1.